The van der Waals surface area contributed by atoms with Gasteiger partial charge < -0.3 is 24.1 Å². The maximum Gasteiger partial charge on any atom is 0.170 e. The van der Waals surface area contributed by atoms with Crippen molar-refractivity contribution in [2.45, 2.75) is 44.1 Å². The van der Waals surface area contributed by atoms with E-state index in [0.717, 1.165) is 50.7 Å². The molecule has 4 aromatic rings. The Morgan fingerprint density at radius 3 is 2.13 bits per heavy atom. The summed E-state index contributed by atoms with van der Waals surface area (Å²) in [4.78, 5) is 34.0. The zero-order valence-electron chi connectivity index (χ0n) is 24.6. The largest absolute Gasteiger partial charge is 0.507 e. The number of hydrogen-bond donors (Lipinski definition) is 1. The Balaban J connectivity index is 0.000000147. The van der Waals surface area contributed by atoms with E-state index in [1.807, 2.05) is 60.7 Å². The molecule has 9 heteroatoms. The van der Waals surface area contributed by atoms with Crippen LogP contribution in [0.2, 0.25) is 0 Å². The number of phenols is 1. The minimum atomic E-state index is -0.135. The van der Waals surface area contributed by atoms with Crippen LogP contribution in [0.5, 0.6) is 23.0 Å². The van der Waals surface area contributed by atoms with Crippen LogP contribution < -0.4 is 14.2 Å². The van der Waals surface area contributed by atoms with Gasteiger partial charge in [0.25, 0.3) is 0 Å². The van der Waals surface area contributed by atoms with Gasteiger partial charge >= 0.3 is 0 Å². The van der Waals surface area contributed by atoms with Crippen molar-refractivity contribution in [3.05, 3.63) is 116 Å². The highest BCUT2D eigenvalue weighted by molar-refractivity contribution is 9.10. The molecule has 45 heavy (non-hydrogen) atoms. The molecule has 3 heterocycles. The summed E-state index contributed by atoms with van der Waals surface area (Å²) in [5.41, 5.74) is 3.19. The fraction of sp³-hybridized carbons (Fsp3) is 0.250. The molecule has 4 aromatic carbocycles. The monoisotopic (exact) mass is 734 g/mol. The molecule has 0 spiro atoms. The second-order valence-corrected chi connectivity index (χ2v) is 12.7. The number of aromatic hydroxyl groups is 1. The number of ketones is 2. The molecule has 3 aliphatic rings. The lowest BCUT2D eigenvalue weighted by Gasteiger charge is -2.35. The predicted molar refractivity (Wildman–Crippen MR) is 178 cm³/mol. The third kappa shape index (κ3) is 7.83. The van der Waals surface area contributed by atoms with Crippen molar-refractivity contribution >= 4 is 49.7 Å². The predicted octanol–water partition coefficient (Wildman–Crippen LogP) is 8.46. The molecule has 0 aromatic heterocycles. The van der Waals surface area contributed by atoms with E-state index < -0.39 is 0 Å². The summed E-state index contributed by atoms with van der Waals surface area (Å²) in [6, 6.07) is 26.1. The van der Waals surface area contributed by atoms with E-state index in [2.05, 4.69) is 37.9 Å². The summed E-state index contributed by atoms with van der Waals surface area (Å²) in [5, 5.41) is 9.16. The Kier molecular flexibility index (Phi) is 10.7. The first-order valence-corrected chi connectivity index (χ1v) is 16.2. The summed E-state index contributed by atoms with van der Waals surface area (Å²) < 4.78 is 19.0. The van der Waals surface area contributed by atoms with Gasteiger partial charge in [-0.15, -0.1) is 0 Å². The number of halogens is 2. The molecule has 1 N–H and O–H groups in total. The van der Waals surface area contributed by atoms with Crippen molar-refractivity contribution in [3.63, 3.8) is 0 Å². The molecule has 0 saturated carbocycles. The minimum Gasteiger partial charge on any atom is -0.507 e. The van der Waals surface area contributed by atoms with Crippen LogP contribution in [0.15, 0.2) is 93.9 Å². The molecular formula is C36H32Br2O7. The van der Waals surface area contributed by atoms with E-state index in [1.165, 1.54) is 13.0 Å². The Labute approximate surface area is 278 Å². The molecule has 0 radical (unpaired) electrons. The average molecular weight is 736 g/mol. The maximum atomic E-state index is 12.5. The topological polar surface area (TPSA) is 99.1 Å². The number of para-hydroxylation sites is 2. The molecule has 0 fully saturated rings. The fourth-order valence-electron chi connectivity index (χ4n) is 5.60. The molecule has 232 valence electrons. The molecular weight excluding hydrogens is 704 g/mol. The van der Waals surface area contributed by atoms with Gasteiger partial charge in [0, 0.05) is 38.3 Å². The Bertz CT molecular complexity index is 1700. The third-order valence-electron chi connectivity index (χ3n) is 7.87. The average Bonchev–Trinajstić information content (AvgIpc) is 3.06. The zero-order chi connectivity index (χ0) is 31.9. The van der Waals surface area contributed by atoms with Gasteiger partial charge in [-0.2, -0.15) is 0 Å². The lowest BCUT2D eigenvalue weighted by atomic mass is 9.84. The van der Waals surface area contributed by atoms with E-state index in [9.17, 15) is 14.4 Å². The summed E-state index contributed by atoms with van der Waals surface area (Å²) in [6.45, 7) is 2.74. The van der Waals surface area contributed by atoms with Crippen molar-refractivity contribution < 1.29 is 33.7 Å². The first-order valence-electron chi connectivity index (χ1n) is 14.6. The van der Waals surface area contributed by atoms with E-state index >= 15 is 0 Å². The summed E-state index contributed by atoms with van der Waals surface area (Å²) in [7, 11) is 0. The molecule has 3 unspecified atom stereocenters. The molecule has 0 saturated heterocycles. The van der Waals surface area contributed by atoms with Crippen molar-refractivity contribution in [2.24, 2.45) is 0 Å². The van der Waals surface area contributed by atoms with Crippen LogP contribution in [0, 0.1) is 0 Å². The molecule has 3 atom stereocenters. The number of rotatable bonds is 3. The molecule has 0 bridgehead atoms. The highest BCUT2D eigenvalue weighted by Gasteiger charge is 2.36. The summed E-state index contributed by atoms with van der Waals surface area (Å²) in [6.07, 6.45) is 2.98. The number of carbonyl (C=O) groups excluding carboxylic acids is 3. The Morgan fingerprint density at radius 2 is 1.44 bits per heavy atom. The van der Waals surface area contributed by atoms with Gasteiger partial charge in [-0.05, 0) is 68.3 Å². The molecule has 0 aliphatic carbocycles. The van der Waals surface area contributed by atoms with Crippen LogP contribution in [0.1, 0.15) is 69.9 Å². The highest BCUT2D eigenvalue weighted by Crippen LogP contribution is 2.41. The molecule has 0 amide bonds. The SMILES string of the molecule is CC(=O)c1cc(Br)ccc1O.O=C1CC(C2CCOc3ccccc32)Oc2ccc(Br)cc21.O=CC1CCOc2ccccc21. The third-order valence-corrected chi connectivity index (χ3v) is 8.85. The maximum absolute atomic E-state index is 12.5. The van der Waals surface area contributed by atoms with Crippen molar-refractivity contribution in [1.29, 1.82) is 0 Å². The summed E-state index contributed by atoms with van der Waals surface area (Å²) >= 11 is 6.61. The van der Waals surface area contributed by atoms with Gasteiger partial charge in [0.15, 0.2) is 11.6 Å². The minimum absolute atomic E-state index is 0.0284. The van der Waals surface area contributed by atoms with Gasteiger partial charge in [-0.25, -0.2) is 0 Å². The number of carbonyl (C=O) groups is 3. The van der Waals surface area contributed by atoms with Crippen molar-refractivity contribution in [1.82, 2.24) is 0 Å². The Morgan fingerprint density at radius 1 is 0.822 bits per heavy atom. The fourth-order valence-corrected chi connectivity index (χ4v) is 6.32. The smallest absolute Gasteiger partial charge is 0.170 e. The lowest BCUT2D eigenvalue weighted by molar-refractivity contribution is -0.109. The van der Waals surface area contributed by atoms with Crippen LogP contribution in [0.4, 0.5) is 0 Å². The second-order valence-electron chi connectivity index (χ2n) is 10.8. The number of aldehydes is 1. The highest BCUT2D eigenvalue weighted by atomic mass is 79.9. The summed E-state index contributed by atoms with van der Waals surface area (Å²) in [5.74, 6) is 2.74. The van der Waals surface area contributed by atoms with Gasteiger partial charge in [-0.3, -0.25) is 9.59 Å². The normalized spacial score (nSPS) is 19.2. The van der Waals surface area contributed by atoms with E-state index in [-0.39, 0.29) is 35.3 Å². The van der Waals surface area contributed by atoms with E-state index in [0.29, 0.717) is 36.5 Å². The van der Waals surface area contributed by atoms with E-state index in [1.54, 1.807) is 12.1 Å². The zero-order valence-corrected chi connectivity index (χ0v) is 27.8. The lowest BCUT2D eigenvalue weighted by Crippen LogP contribution is -2.35. The number of benzene rings is 4. The molecule has 7 rings (SSSR count). The van der Waals surface area contributed by atoms with Crippen LogP contribution in [0.3, 0.4) is 0 Å². The van der Waals surface area contributed by atoms with E-state index in [4.69, 9.17) is 19.3 Å². The molecule has 3 aliphatic heterocycles. The van der Waals surface area contributed by atoms with Crippen LogP contribution in [-0.2, 0) is 4.79 Å². The number of phenolic OH excluding ortho intramolecular Hbond substituents is 1. The van der Waals surface area contributed by atoms with Gasteiger partial charge in [0.05, 0.1) is 24.3 Å². The standard InChI is InChI=1S/C18H15BrO3.C10H10O2.C8H7BrO2/c19-11-5-6-17-14(9-11)15(20)10-18(22-17)13-7-8-21-16-4-2-1-3-12(13)16;11-7-8-5-6-12-10-4-2-1-3-9(8)10;1-5(10)7-4-6(9)2-3-8(7)11/h1-6,9,13,18H,7-8,10H2;1-4,7-8H,5-6H2;2-4,11H,1H3. The van der Waals surface area contributed by atoms with Gasteiger partial charge in [0.2, 0.25) is 0 Å². The van der Waals surface area contributed by atoms with Crippen LogP contribution >= 0.6 is 31.9 Å². The van der Waals surface area contributed by atoms with Crippen LogP contribution in [0.25, 0.3) is 0 Å². The first kappa shape index (κ1) is 32.4. The van der Waals surface area contributed by atoms with Crippen molar-refractivity contribution in [3.8, 4) is 23.0 Å². The number of Topliss-reactive ketones (excluding diaryl/α,β-unsaturated/α-hetero) is 2. The first-order chi connectivity index (χ1) is 21.7. The van der Waals surface area contributed by atoms with Gasteiger partial charge in [0.1, 0.15) is 35.4 Å². The van der Waals surface area contributed by atoms with Crippen molar-refractivity contribution in [2.75, 3.05) is 13.2 Å². The molecule has 7 nitrogen and oxygen atoms in total. The number of ether oxygens (including phenoxy) is 3. The second kappa shape index (κ2) is 14.9. The van der Waals surface area contributed by atoms with Crippen LogP contribution in [-0.4, -0.2) is 42.3 Å². The number of hydrogen-bond acceptors (Lipinski definition) is 7. The Hall–Kier alpha value is -3.95. The quantitative estimate of drug-likeness (QED) is 0.167. The van der Waals surface area contributed by atoms with Gasteiger partial charge in [-0.1, -0.05) is 68.3 Å². The number of fused-ring (bicyclic) bond motifs is 3.